The molecule has 0 fully saturated rings. The fourth-order valence-corrected chi connectivity index (χ4v) is 2.29. The lowest BCUT2D eigenvalue weighted by atomic mass is 10.2. The molecule has 0 saturated heterocycles. The number of aliphatic imine (C=N–C) groups is 1. The van der Waals surface area contributed by atoms with E-state index in [2.05, 4.69) is 20.9 Å². The highest BCUT2D eigenvalue weighted by molar-refractivity contribution is 5.77. The predicted molar refractivity (Wildman–Crippen MR) is 104 cm³/mol. The molecule has 0 bridgehead atoms. The van der Waals surface area contributed by atoms with Gasteiger partial charge in [0, 0.05) is 25.7 Å². The number of nitrogens with one attached hydrogen (secondary N) is 3. The summed E-state index contributed by atoms with van der Waals surface area (Å²) in [5, 5.41) is 9.64. The maximum atomic E-state index is 5.90. The van der Waals surface area contributed by atoms with Crippen molar-refractivity contribution in [3.05, 3.63) is 23.8 Å². The second-order valence-corrected chi connectivity index (χ2v) is 5.70. The third-order valence-corrected chi connectivity index (χ3v) is 3.74. The van der Waals surface area contributed by atoms with E-state index in [1.165, 1.54) is 0 Å². The summed E-state index contributed by atoms with van der Waals surface area (Å²) in [4.78, 5) is 3.86. The molecule has 25 heavy (non-hydrogen) atoms. The van der Waals surface area contributed by atoms with Crippen molar-refractivity contribution in [3.63, 3.8) is 0 Å². The molecule has 0 aliphatic heterocycles. The number of hydrogen-bond donors (Lipinski definition) is 4. The molecule has 0 unspecified atom stereocenters. The van der Waals surface area contributed by atoms with Gasteiger partial charge in [-0.05, 0) is 57.6 Å². The molecule has 7 heteroatoms. The van der Waals surface area contributed by atoms with Gasteiger partial charge in [-0.15, -0.1) is 0 Å². The summed E-state index contributed by atoms with van der Waals surface area (Å²) in [6.07, 6.45) is 3.08. The second kappa shape index (κ2) is 13.3. The van der Waals surface area contributed by atoms with Crippen LogP contribution in [0, 0.1) is 0 Å². The lowest BCUT2D eigenvalue weighted by molar-refractivity contribution is 0.305. The van der Waals surface area contributed by atoms with E-state index in [-0.39, 0.29) is 0 Å². The van der Waals surface area contributed by atoms with Gasteiger partial charge in [0.1, 0.15) is 11.5 Å². The third kappa shape index (κ3) is 9.16. The molecule has 0 aromatic heterocycles. The van der Waals surface area contributed by atoms with E-state index in [1.807, 2.05) is 25.2 Å². The normalized spacial score (nSPS) is 11.4. The molecule has 1 aromatic rings. The van der Waals surface area contributed by atoms with Crippen LogP contribution in [0.2, 0.25) is 0 Å². The number of rotatable bonds is 13. The number of nitrogens with zero attached hydrogens (tertiary/aromatic N) is 1. The first kappa shape index (κ1) is 21.1. The standard InChI is InChI=1S/C18H33N5O2/c1-20-9-6-12-25-17-8-7-16(24-3)13-15(17)14-22-10-4-5-11-23-18(19)21-2/h7-8,13,20,22H,4-6,9-12,14H2,1-3H3,(H3,19,21,23). The Labute approximate surface area is 151 Å². The van der Waals surface area contributed by atoms with Gasteiger partial charge in [-0.1, -0.05) is 0 Å². The van der Waals surface area contributed by atoms with Crippen molar-refractivity contribution in [2.75, 3.05) is 47.4 Å². The number of guanidine groups is 1. The Kier molecular flexibility index (Phi) is 11.2. The fourth-order valence-electron chi connectivity index (χ4n) is 2.29. The van der Waals surface area contributed by atoms with E-state index in [9.17, 15) is 0 Å². The van der Waals surface area contributed by atoms with Crippen molar-refractivity contribution in [1.29, 1.82) is 0 Å². The average Bonchev–Trinajstić information content (AvgIpc) is 2.64. The summed E-state index contributed by atoms with van der Waals surface area (Å²) in [6.45, 7) is 4.17. The molecule has 5 N–H and O–H groups in total. The van der Waals surface area contributed by atoms with E-state index in [1.54, 1.807) is 14.2 Å². The average molecular weight is 351 g/mol. The van der Waals surface area contributed by atoms with E-state index in [0.717, 1.165) is 62.5 Å². The Balaban J connectivity index is 2.36. The minimum atomic E-state index is 0.490. The van der Waals surface area contributed by atoms with Gasteiger partial charge in [0.2, 0.25) is 0 Å². The number of nitrogens with two attached hydrogens (primary N) is 1. The SMILES string of the molecule is CN=C(N)NCCCCNCc1cc(OC)ccc1OCCCNC. The van der Waals surface area contributed by atoms with Crippen molar-refractivity contribution >= 4 is 5.96 Å². The largest absolute Gasteiger partial charge is 0.497 e. The lowest BCUT2D eigenvalue weighted by Crippen LogP contribution is -2.32. The van der Waals surface area contributed by atoms with Crippen LogP contribution in [0.3, 0.4) is 0 Å². The quantitative estimate of drug-likeness (QED) is 0.241. The minimum Gasteiger partial charge on any atom is -0.497 e. The molecule has 0 saturated carbocycles. The maximum Gasteiger partial charge on any atom is 0.188 e. The van der Waals surface area contributed by atoms with Crippen LogP contribution in [-0.4, -0.2) is 53.4 Å². The minimum absolute atomic E-state index is 0.490. The molecule has 1 rings (SSSR count). The second-order valence-electron chi connectivity index (χ2n) is 5.70. The van der Waals surface area contributed by atoms with Crippen LogP contribution in [0.15, 0.2) is 23.2 Å². The smallest absolute Gasteiger partial charge is 0.188 e. The summed E-state index contributed by atoms with van der Waals surface area (Å²) < 4.78 is 11.2. The van der Waals surface area contributed by atoms with Crippen LogP contribution in [0.25, 0.3) is 0 Å². The third-order valence-electron chi connectivity index (χ3n) is 3.74. The monoisotopic (exact) mass is 351 g/mol. The lowest BCUT2D eigenvalue weighted by Gasteiger charge is -2.14. The molecule has 1 aromatic carbocycles. The van der Waals surface area contributed by atoms with Crippen molar-refractivity contribution in [3.8, 4) is 11.5 Å². The van der Waals surface area contributed by atoms with Crippen molar-refractivity contribution in [1.82, 2.24) is 16.0 Å². The van der Waals surface area contributed by atoms with Gasteiger partial charge in [0.25, 0.3) is 0 Å². The molecule has 0 amide bonds. The molecule has 0 spiro atoms. The van der Waals surface area contributed by atoms with Crippen LogP contribution < -0.4 is 31.2 Å². The van der Waals surface area contributed by atoms with Gasteiger partial charge in [-0.2, -0.15) is 0 Å². The zero-order chi connectivity index (χ0) is 18.3. The van der Waals surface area contributed by atoms with Crippen molar-refractivity contribution < 1.29 is 9.47 Å². The summed E-state index contributed by atoms with van der Waals surface area (Å²) in [5.74, 6) is 2.25. The highest BCUT2D eigenvalue weighted by Crippen LogP contribution is 2.24. The van der Waals surface area contributed by atoms with Crippen LogP contribution >= 0.6 is 0 Å². The molecule has 7 nitrogen and oxygen atoms in total. The Bertz CT molecular complexity index is 508. The zero-order valence-electron chi connectivity index (χ0n) is 15.7. The summed E-state index contributed by atoms with van der Waals surface area (Å²) >= 11 is 0. The Morgan fingerprint density at radius 3 is 2.68 bits per heavy atom. The molecule has 0 radical (unpaired) electrons. The summed E-state index contributed by atoms with van der Waals surface area (Å²) in [7, 11) is 5.30. The van der Waals surface area contributed by atoms with Gasteiger partial charge in [0.05, 0.1) is 13.7 Å². The van der Waals surface area contributed by atoms with Crippen LogP contribution in [0.1, 0.15) is 24.8 Å². The Morgan fingerprint density at radius 2 is 1.96 bits per heavy atom. The van der Waals surface area contributed by atoms with Gasteiger partial charge in [-0.25, -0.2) is 0 Å². The molecular weight excluding hydrogens is 318 g/mol. The van der Waals surface area contributed by atoms with E-state index in [4.69, 9.17) is 15.2 Å². The van der Waals surface area contributed by atoms with Crippen LogP contribution in [0.4, 0.5) is 0 Å². The van der Waals surface area contributed by atoms with Gasteiger partial charge in [-0.3, -0.25) is 4.99 Å². The number of methoxy groups -OCH3 is 1. The predicted octanol–water partition coefficient (Wildman–Crippen LogP) is 1.09. The number of unbranched alkanes of at least 4 members (excludes halogenated alkanes) is 1. The number of benzene rings is 1. The highest BCUT2D eigenvalue weighted by Gasteiger charge is 2.06. The first-order chi connectivity index (χ1) is 12.2. The number of ether oxygens (including phenoxy) is 2. The molecular formula is C18H33N5O2. The first-order valence-corrected chi connectivity index (χ1v) is 8.82. The van der Waals surface area contributed by atoms with Gasteiger partial charge >= 0.3 is 0 Å². The van der Waals surface area contributed by atoms with Gasteiger partial charge in [0.15, 0.2) is 5.96 Å². The summed E-state index contributed by atoms with van der Waals surface area (Å²) in [6, 6.07) is 5.94. The van der Waals surface area contributed by atoms with E-state index in [0.29, 0.717) is 12.6 Å². The zero-order valence-corrected chi connectivity index (χ0v) is 15.7. The molecule has 0 heterocycles. The molecule has 0 aliphatic rings. The maximum absolute atomic E-state index is 5.90. The molecule has 0 aliphatic carbocycles. The van der Waals surface area contributed by atoms with Crippen molar-refractivity contribution in [2.24, 2.45) is 10.7 Å². The molecule has 0 atom stereocenters. The Hall–Kier alpha value is -1.99. The van der Waals surface area contributed by atoms with Crippen LogP contribution in [-0.2, 0) is 6.54 Å². The number of hydrogen-bond acceptors (Lipinski definition) is 5. The topological polar surface area (TPSA) is 92.9 Å². The molecule has 142 valence electrons. The van der Waals surface area contributed by atoms with Crippen molar-refractivity contribution in [2.45, 2.75) is 25.8 Å². The summed E-state index contributed by atoms with van der Waals surface area (Å²) in [5.41, 5.74) is 6.70. The first-order valence-electron chi connectivity index (χ1n) is 8.82. The highest BCUT2D eigenvalue weighted by atomic mass is 16.5. The van der Waals surface area contributed by atoms with E-state index >= 15 is 0 Å². The van der Waals surface area contributed by atoms with E-state index < -0.39 is 0 Å². The fraction of sp³-hybridized carbons (Fsp3) is 0.611. The van der Waals surface area contributed by atoms with Gasteiger partial charge < -0.3 is 31.2 Å². The Morgan fingerprint density at radius 1 is 1.16 bits per heavy atom. The van der Waals surface area contributed by atoms with Crippen LogP contribution in [0.5, 0.6) is 11.5 Å².